The Balaban J connectivity index is 2.20. The molecule has 1 N–H and O–H groups in total. The maximum absolute atomic E-state index is 12.7. The first-order chi connectivity index (χ1) is 8.52. The zero-order valence-electron chi connectivity index (χ0n) is 11.9. The average Bonchev–Trinajstić information content (AvgIpc) is 2.39. The molecule has 0 atom stereocenters. The fourth-order valence-corrected chi connectivity index (χ4v) is 3.23. The van der Waals surface area contributed by atoms with Crippen LogP contribution in [0.2, 0.25) is 0 Å². The number of nitrogens with one attached hydrogen (secondary N) is 1. The molecule has 0 bridgehead atoms. The van der Waals surface area contributed by atoms with Crippen molar-refractivity contribution in [3.63, 3.8) is 0 Å². The van der Waals surface area contributed by atoms with Gasteiger partial charge in [0.05, 0.1) is 5.54 Å². The molecule has 4 nitrogen and oxygen atoms in total. The van der Waals surface area contributed by atoms with Crippen molar-refractivity contribution in [2.45, 2.75) is 57.1 Å². The molecule has 0 unspecified atom stereocenters. The second-order valence-corrected chi connectivity index (χ2v) is 6.13. The summed E-state index contributed by atoms with van der Waals surface area (Å²) in [6, 6.07) is 0. The molecule has 18 heavy (non-hydrogen) atoms. The van der Waals surface area contributed by atoms with E-state index in [1.807, 2.05) is 13.8 Å². The third kappa shape index (κ3) is 2.41. The highest BCUT2D eigenvalue weighted by Crippen LogP contribution is 2.36. The van der Waals surface area contributed by atoms with Gasteiger partial charge in [-0.15, -0.1) is 0 Å². The predicted molar refractivity (Wildman–Crippen MR) is 71.5 cm³/mol. The summed E-state index contributed by atoms with van der Waals surface area (Å²) in [5, 5.41) is 3.46. The first-order valence-corrected chi connectivity index (χ1v) is 7.10. The zero-order chi connectivity index (χ0) is 13.2. The summed E-state index contributed by atoms with van der Waals surface area (Å²) >= 11 is 0. The van der Waals surface area contributed by atoms with E-state index in [1.165, 1.54) is 19.3 Å². The highest BCUT2D eigenvalue weighted by molar-refractivity contribution is 5.85. The number of ether oxygens (including phenoxy) is 1. The molecular weight excluding hydrogens is 228 g/mol. The summed E-state index contributed by atoms with van der Waals surface area (Å²) in [5.41, 5.74) is -0.662. The molecule has 0 aromatic heterocycles. The van der Waals surface area contributed by atoms with Gasteiger partial charge in [-0.1, -0.05) is 19.3 Å². The minimum Gasteiger partial charge on any atom is -0.369 e. The van der Waals surface area contributed by atoms with E-state index in [-0.39, 0.29) is 11.4 Å². The number of carbonyl (C=O) groups excluding carboxylic acids is 1. The van der Waals surface area contributed by atoms with E-state index in [1.54, 1.807) is 7.11 Å². The summed E-state index contributed by atoms with van der Waals surface area (Å²) in [5.74, 6) is 0.147. The number of methoxy groups -OCH3 is 1. The molecule has 1 heterocycles. The number of hydrogen-bond donors (Lipinski definition) is 1. The Morgan fingerprint density at radius 3 is 2.56 bits per heavy atom. The van der Waals surface area contributed by atoms with Crippen LogP contribution in [-0.4, -0.2) is 48.7 Å². The number of amides is 1. The monoisotopic (exact) mass is 254 g/mol. The van der Waals surface area contributed by atoms with Crippen molar-refractivity contribution in [3.05, 3.63) is 0 Å². The fourth-order valence-electron chi connectivity index (χ4n) is 3.23. The Hall–Kier alpha value is -0.610. The van der Waals surface area contributed by atoms with Crippen LogP contribution in [0.4, 0.5) is 0 Å². The van der Waals surface area contributed by atoms with E-state index in [2.05, 4.69) is 10.2 Å². The normalized spacial score (nSPS) is 24.3. The lowest BCUT2D eigenvalue weighted by Crippen LogP contribution is -2.66. The molecule has 2 fully saturated rings. The van der Waals surface area contributed by atoms with Gasteiger partial charge in [0.1, 0.15) is 5.60 Å². The lowest BCUT2D eigenvalue weighted by Gasteiger charge is -2.51. The van der Waals surface area contributed by atoms with Gasteiger partial charge in [0.25, 0.3) is 5.91 Å². The van der Waals surface area contributed by atoms with Gasteiger partial charge in [-0.05, 0) is 26.7 Å². The van der Waals surface area contributed by atoms with Crippen LogP contribution in [0.3, 0.4) is 0 Å². The minimum absolute atomic E-state index is 0.0450. The van der Waals surface area contributed by atoms with Crippen LogP contribution in [0.25, 0.3) is 0 Å². The standard InChI is InChI=1S/C14H26N2O2/c1-13(2,18-3)12(17)16-10-9-15-11-14(16)7-5-4-6-8-14/h15H,4-11H2,1-3H3. The third-order valence-corrected chi connectivity index (χ3v) is 4.59. The van der Waals surface area contributed by atoms with Gasteiger partial charge in [-0.3, -0.25) is 4.79 Å². The Bertz CT molecular complexity index is 301. The lowest BCUT2D eigenvalue weighted by atomic mass is 9.78. The van der Waals surface area contributed by atoms with Crippen LogP contribution in [0.1, 0.15) is 46.0 Å². The number of carbonyl (C=O) groups is 1. The Kier molecular flexibility index (Phi) is 3.97. The molecule has 2 rings (SSSR count). The van der Waals surface area contributed by atoms with Gasteiger partial charge in [-0.2, -0.15) is 0 Å². The zero-order valence-corrected chi connectivity index (χ0v) is 11.9. The summed E-state index contributed by atoms with van der Waals surface area (Å²) < 4.78 is 5.38. The third-order valence-electron chi connectivity index (χ3n) is 4.59. The molecule has 4 heteroatoms. The van der Waals surface area contributed by atoms with Gasteiger partial charge in [-0.25, -0.2) is 0 Å². The topological polar surface area (TPSA) is 41.6 Å². The Morgan fingerprint density at radius 2 is 1.94 bits per heavy atom. The van der Waals surface area contributed by atoms with Crippen LogP contribution in [0, 0.1) is 0 Å². The average molecular weight is 254 g/mol. The van der Waals surface area contributed by atoms with E-state index in [0.717, 1.165) is 32.5 Å². The second-order valence-electron chi connectivity index (χ2n) is 6.13. The van der Waals surface area contributed by atoms with Crippen molar-refractivity contribution in [3.8, 4) is 0 Å². The van der Waals surface area contributed by atoms with E-state index < -0.39 is 5.60 Å². The molecule has 0 aromatic carbocycles. The van der Waals surface area contributed by atoms with E-state index in [9.17, 15) is 4.79 Å². The molecule has 0 aromatic rings. The lowest BCUT2D eigenvalue weighted by molar-refractivity contribution is -0.161. The molecule has 1 saturated carbocycles. The smallest absolute Gasteiger partial charge is 0.254 e. The van der Waals surface area contributed by atoms with Crippen molar-refractivity contribution >= 4 is 5.91 Å². The first-order valence-electron chi connectivity index (χ1n) is 7.10. The fraction of sp³-hybridized carbons (Fsp3) is 0.929. The Morgan fingerprint density at radius 1 is 1.28 bits per heavy atom. The number of piperazine rings is 1. The largest absolute Gasteiger partial charge is 0.369 e. The highest BCUT2D eigenvalue weighted by Gasteiger charge is 2.46. The van der Waals surface area contributed by atoms with Gasteiger partial charge < -0.3 is 15.0 Å². The summed E-state index contributed by atoms with van der Waals surface area (Å²) in [4.78, 5) is 14.8. The van der Waals surface area contributed by atoms with Crippen LogP contribution < -0.4 is 5.32 Å². The number of hydrogen-bond acceptors (Lipinski definition) is 3. The van der Waals surface area contributed by atoms with Crippen molar-refractivity contribution in [2.24, 2.45) is 0 Å². The molecule has 1 aliphatic heterocycles. The van der Waals surface area contributed by atoms with Gasteiger partial charge in [0.15, 0.2) is 0 Å². The molecule has 104 valence electrons. The first kappa shape index (κ1) is 13.8. The van der Waals surface area contributed by atoms with Crippen LogP contribution in [-0.2, 0) is 9.53 Å². The van der Waals surface area contributed by atoms with Crippen molar-refractivity contribution < 1.29 is 9.53 Å². The molecule has 1 amide bonds. The Labute approximate surface area is 110 Å². The quantitative estimate of drug-likeness (QED) is 0.813. The molecule has 2 aliphatic rings. The van der Waals surface area contributed by atoms with Crippen LogP contribution in [0.15, 0.2) is 0 Å². The van der Waals surface area contributed by atoms with Crippen molar-refractivity contribution in [1.82, 2.24) is 10.2 Å². The van der Waals surface area contributed by atoms with E-state index in [4.69, 9.17) is 4.74 Å². The molecule has 1 saturated heterocycles. The number of rotatable bonds is 2. The SMILES string of the molecule is COC(C)(C)C(=O)N1CCNCC12CCCCC2. The van der Waals surface area contributed by atoms with Crippen LogP contribution in [0.5, 0.6) is 0 Å². The number of nitrogens with zero attached hydrogens (tertiary/aromatic N) is 1. The predicted octanol–water partition coefficient (Wildman–Crippen LogP) is 1.55. The van der Waals surface area contributed by atoms with Crippen LogP contribution >= 0.6 is 0 Å². The molecular formula is C14H26N2O2. The van der Waals surface area contributed by atoms with E-state index >= 15 is 0 Å². The van der Waals surface area contributed by atoms with Crippen molar-refractivity contribution in [2.75, 3.05) is 26.7 Å². The van der Waals surface area contributed by atoms with E-state index in [0.29, 0.717) is 0 Å². The van der Waals surface area contributed by atoms with Crippen molar-refractivity contribution in [1.29, 1.82) is 0 Å². The second kappa shape index (κ2) is 5.17. The minimum atomic E-state index is -0.707. The summed E-state index contributed by atoms with van der Waals surface area (Å²) in [6.07, 6.45) is 6.03. The van der Waals surface area contributed by atoms with Gasteiger partial charge in [0, 0.05) is 26.7 Å². The maximum atomic E-state index is 12.7. The van der Waals surface area contributed by atoms with Gasteiger partial charge >= 0.3 is 0 Å². The summed E-state index contributed by atoms with van der Waals surface area (Å²) in [6.45, 7) is 6.39. The molecule has 1 spiro atoms. The highest BCUT2D eigenvalue weighted by atomic mass is 16.5. The van der Waals surface area contributed by atoms with Gasteiger partial charge in [0.2, 0.25) is 0 Å². The summed E-state index contributed by atoms with van der Waals surface area (Å²) in [7, 11) is 1.62. The maximum Gasteiger partial charge on any atom is 0.254 e. The molecule has 0 radical (unpaired) electrons. The molecule has 1 aliphatic carbocycles.